The average Bonchev–Trinajstić information content (AvgIpc) is 2.38. The number of hydrogen-bond acceptors (Lipinski definition) is 2. The second-order valence-electron chi connectivity index (χ2n) is 6.08. The molecule has 1 unspecified atom stereocenters. The zero-order valence-electron chi connectivity index (χ0n) is 12.9. The molecule has 4 heteroatoms. The molecule has 1 aromatic rings. The van der Waals surface area contributed by atoms with E-state index in [0.29, 0.717) is 0 Å². The van der Waals surface area contributed by atoms with E-state index in [1.165, 1.54) is 6.07 Å². The summed E-state index contributed by atoms with van der Waals surface area (Å²) in [6.45, 7) is 6.83. The Kier molecular flexibility index (Phi) is 5.69. The molecule has 0 spiro atoms. The summed E-state index contributed by atoms with van der Waals surface area (Å²) >= 11 is 0. The third-order valence-corrected chi connectivity index (χ3v) is 4.06. The van der Waals surface area contributed by atoms with E-state index in [4.69, 9.17) is 11.1 Å². The van der Waals surface area contributed by atoms with Crippen LogP contribution in [-0.2, 0) is 0 Å². The normalized spacial score (nSPS) is 13.5. The van der Waals surface area contributed by atoms with Crippen LogP contribution in [0, 0.1) is 16.6 Å². The van der Waals surface area contributed by atoms with Gasteiger partial charge in [-0.15, -0.1) is 0 Å². The molecule has 20 heavy (non-hydrogen) atoms. The lowest BCUT2D eigenvalue weighted by Gasteiger charge is -2.28. The summed E-state index contributed by atoms with van der Waals surface area (Å²) in [4.78, 5) is 2.13. The topological polar surface area (TPSA) is 53.1 Å². The maximum atomic E-state index is 13.7. The number of rotatable bonds is 7. The number of benzene rings is 1. The first-order valence-electron chi connectivity index (χ1n) is 7.05. The van der Waals surface area contributed by atoms with Crippen LogP contribution in [-0.4, -0.2) is 24.3 Å². The molecule has 1 aromatic carbocycles. The van der Waals surface area contributed by atoms with Gasteiger partial charge in [0.1, 0.15) is 5.82 Å². The summed E-state index contributed by atoms with van der Waals surface area (Å²) in [7, 11) is 2.00. The molecular formula is C16H26FN3. The minimum Gasteiger partial charge on any atom is -0.387 e. The molecule has 0 saturated heterocycles. The summed E-state index contributed by atoms with van der Waals surface area (Å²) in [6.07, 6.45) is 1.79. The van der Waals surface area contributed by atoms with E-state index >= 15 is 0 Å². The Labute approximate surface area is 121 Å². The zero-order valence-corrected chi connectivity index (χ0v) is 12.9. The van der Waals surface area contributed by atoms with Gasteiger partial charge < -0.3 is 5.73 Å². The van der Waals surface area contributed by atoms with Crippen LogP contribution in [0.2, 0.25) is 0 Å². The summed E-state index contributed by atoms with van der Waals surface area (Å²) in [5.41, 5.74) is 6.04. The van der Waals surface area contributed by atoms with E-state index in [9.17, 15) is 4.39 Å². The molecule has 112 valence electrons. The molecule has 1 rings (SSSR count). The molecule has 0 heterocycles. The van der Waals surface area contributed by atoms with Gasteiger partial charge in [-0.05, 0) is 39.4 Å². The lowest BCUT2D eigenvalue weighted by molar-refractivity contribution is 0.242. The van der Waals surface area contributed by atoms with Crippen LogP contribution >= 0.6 is 0 Å². The fourth-order valence-electron chi connectivity index (χ4n) is 2.15. The van der Waals surface area contributed by atoms with Gasteiger partial charge in [-0.3, -0.25) is 10.3 Å². The lowest BCUT2D eigenvalue weighted by atomic mass is 9.86. The highest BCUT2D eigenvalue weighted by Crippen LogP contribution is 2.25. The molecule has 0 saturated carbocycles. The second-order valence-corrected chi connectivity index (χ2v) is 6.08. The van der Waals surface area contributed by atoms with Crippen molar-refractivity contribution in [2.45, 2.75) is 39.7 Å². The fraction of sp³-hybridized carbons (Fsp3) is 0.562. The Morgan fingerprint density at radius 3 is 2.55 bits per heavy atom. The van der Waals surface area contributed by atoms with Gasteiger partial charge in [-0.25, -0.2) is 4.39 Å². The van der Waals surface area contributed by atoms with E-state index in [-0.39, 0.29) is 23.1 Å². The van der Waals surface area contributed by atoms with E-state index in [0.717, 1.165) is 24.9 Å². The number of hydrogen-bond donors (Lipinski definition) is 2. The van der Waals surface area contributed by atoms with Crippen LogP contribution < -0.4 is 5.73 Å². The quantitative estimate of drug-likeness (QED) is 0.592. The number of nitrogens with zero attached hydrogens (tertiary/aromatic N) is 1. The smallest absolute Gasteiger partial charge is 0.127 e. The fourth-order valence-corrected chi connectivity index (χ4v) is 2.15. The van der Waals surface area contributed by atoms with Gasteiger partial charge in [0.05, 0.1) is 5.84 Å². The predicted octanol–water partition coefficient (Wildman–Crippen LogP) is 3.56. The highest BCUT2D eigenvalue weighted by molar-refractivity contribution is 5.82. The molecule has 0 amide bonds. The average molecular weight is 279 g/mol. The van der Waals surface area contributed by atoms with Crippen molar-refractivity contribution in [1.29, 1.82) is 5.41 Å². The summed E-state index contributed by atoms with van der Waals surface area (Å²) in [5, 5.41) is 7.54. The zero-order chi connectivity index (χ0) is 15.3. The van der Waals surface area contributed by atoms with Gasteiger partial charge >= 0.3 is 0 Å². The SMILES string of the molecule is CC(c1ccccc1F)N(C)CCCC(C)(C)C(=N)N. The van der Waals surface area contributed by atoms with Gasteiger partial charge in [0.15, 0.2) is 0 Å². The van der Waals surface area contributed by atoms with Crippen molar-refractivity contribution in [2.24, 2.45) is 11.1 Å². The molecule has 3 nitrogen and oxygen atoms in total. The maximum Gasteiger partial charge on any atom is 0.127 e. The second kappa shape index (κ2) is 6.84. The summed E-state index contributed by atoms with van der Waals surface area (Å²) in [6, 6.07) is 6.94. The predicted molar refractivity (Wildman–Crippen MR) is 82.4 cm³/mol. The molecule has 0 aliphatic carbocycles. The Balaban J connectivity index is 2.53. The van der Waals surface area contributed by atoms with Gasteiger partial charge in [-0.2, -0.15) is 0 Å². The van der Waals surface area contributed by atoms with Crippen LogP contribution in [0.5, 0.6) is 0 Å². The monoisotopic (exact) mass is 279 g/mol. The Morgan fingerprint density at radius 1 is 1.40 bits per heavy atom. The van der Waals surface area contributed by atoms with Crippen molar-refractivity contribution in [3.63, 3.8) is 0 Å². The molecule has 0 aromatic heterocycles. The van der Waals surface area contributed by atoms with Gasteiger partial charge in [0.25, 0.3) is 0 Å². The molecule has 3 N–H and O–H groups in total. The van der Waals surface area contributed by atoms with E-state index < -0.39 is 0 Å². The highest BCUT2D eigenvalue weighted by Gasteiger charge is 2.22. The third-order valence-electron chi connectivity index (χ3n) is 4.06. The van der Waals surface area contributed by atoms with Crippen LogP contribution in [0.3, 0.4) is 0 Å². The lowest BCUT2D eigenvalue weighted by Crippen LogP contribution is -2.32. The standard InChI is InChI=1S/C16H26FN3/c1-12(13-8-5-6-9-14(13)17)20(4)11-7-10-16(2,3)15(18)19/h5-6,8-9,12H,7,10-11H2,1-4H3,(H3,18,19). The van der Waals surface area contributed by atoms with Crippen LogP contribution in [0.25, 0.3) is 0 Å². The molecule has 0 bridgehead atoms. The van der Waals surface area contributed by atoms with Crippen molar-refractivity contribution in [3.05, 3.63) is 35.6 Å². The first kappa shape index (κ1) is 16.6. The van der Waals surface area contributed by atoms with Crippen molar-refractivity contribution >= 4 is 5.84 Å². The van der Waals surface area contributed by atoms with Crippen molar-refractivity contribution in [3.8, 4) is 0 Å². The maximum absolute atomic E-state index is 13.7. The van der Waals surface area contributed by atoms with Gasteiger partial charge in [0, 0.05) is 17.0 Å². The number of halogens is 1. The molecule has 0 aliphatic rings. The number of nitrogens with two attached hydrogens (primary N) is 1. The molecule has 1 atom stereocenters. The van der Waals surface area contributed by atoms with Gasteiger partial charge in [-0.1, -0.05) is 32.0 Å². The number of amidine groups is 1. The Morgan fingerprint density at radius 2 is 2.00 bits per heavy atom. The minimum absolute atomic E-state index is 0.0386. The molecule has 0 radical (unpaired) electrons. The molecule has 0 aliphatic heterocycles. The third kappa shape index (κ3) is 4.30. The van der Waals surface area contributed by atoms with Crippen molar-refractivity contribution < 1.29 is 4.39 Å². The van der Waals surface area contributed by atoms with E-state index in [2.05, 4.69) is 4.90 Å². The van der Waals surface area contributed by atoms with E-state index in [1.54, 1.807) is 6.07 Å². The largest absolute Gasteiger partial charge is 0.387 e. The van der Waals surface area contributed by atoms with Crippen LogP contribution in [0.1, 0.15) is 45.2 Å². The Hall–Kier alpha value is -1.42. The Bertz CT molecular complexity index is 457. The molecular weight excluding hydrogens is 253 g/mol. The highest BCUT2D eigenvalue weighted by atomic mass is 19.1. The molecule has 0 fully saturated rings. The minimum atomic E-state index is -0.262. The number of nitrogens with one attached hydrogen (secondary N) is 1. The first-order chi connectivity index (χ1) is 9.25. The van der Waals surface area contributed by atoms with Crippen LogP contribution in [0.15, 0.2) is 24.3 Å². The van der Waals surface area contributed by atoms with Gasteiger partial charge in [0.2, 0.25) is 0 Å². The van der Waals surface area contributed by atoms with Crippen molar-refractivity contribution in [2.75, 3.05) is 13.6 Å². The van der Waals surface area contributed by atoms with Crippen molar-refractivity contribution in [1.82, 2.24) is 4.90 Å². The van der Waals surface area contributed by atoms with E-state index in [1.807, 2.05) is 40.0 Å². The first-order valence-corrected chi connectivity index (χ1v) is 7.05. The van der Waals surface area contributed by atoms with Crippen LogP contribution in [0.4, 0.5) is 4.39 Å². The summed E-state index contributed by atoms with van der Waals surface area (Å²) in [5.74, 6) is 0.0678. The summed E-state index contributed by atoms with van der Waals surface area (Å²) < 4.78 is 13.7.